The summed E-state index contributed by atoms with van der Waals surface area (Å²) in [4.78, 5) is 32.3. The number of alkyl halides is 3. The first-order valence-corrected chi connectivity index (χ1v) is 8.60. The van der Waals surface area contributed by atoms with Gasteiger partial charge in [-0.2, -0.15) is 13.2 Å². The summed E-state index contributed by atoms with van der Waals surface area (Å²) < 4.78 is 41.6. The van der Waals surface area contributed by atoms with Gasteiger partial charge in [-0.15, -0.1) is 0 Å². The van der Waals surface area contributed by atoms with Crippen LogP contribution in [0.3, 0.4) is 0 Å². The maximum absolute atomic E-state index is 13.5. The summed E-state index contributed by atoms with van der Waals surface area (Å²) >= 11 is 0. The molecule has 0 amide bonds. The molecule has 0 bridgehead atoms. The van der Waals surface area contributed by atoms with Crippen molar-refractivity contribution in [3.63, 3.8) is 0 Å². The predicted octanol–water partition coefficient (Wildman–Crippen LogP) is 3.85. The van der Waals surface area contributed by atoms with Crippen LogP contribution < -0.4 is 5.56 Å². The minimum Gasteiger partial charge on any atom is -0.353 e. The van der Waals surface area contributed by atoms with Gasteiger partial charge in [-0.1, -0.05) is 18.2 Å². The molecule has 0 atom stereocenters. The van der Waals surface area contributed by atoms with Crippen molar-refractivity contribution in [1.29, 1.82) is 0 Å². The number of nitrogens with zero attached hydrogens (tertiary/aromatic N) is 2. The van der Waals surface area contributed by atoms with Crippen molar-refractivity contribution in [1.82, 2.24) is 14.5 Å². The molecule has 140 valence electrons. The molecule has 3 aromatic heterocycles. The summed E-state index contributed by atoms with van der Waals surface area (Å²) in [5.41, 5.74) is 0.950. The lowest BCUT2D eigenvalue weighted by Crippen LogP contribution is -2.32. The predicted molar refractivity (Wildman–Crippen MR) is 97.4 cm³/mol. The van der Waals surface area contributed by atoms with Crippen molar-refractivity contribution >= 4 is 27.5 Å². The number of halogens is 3. The minimum atomic E-state index is -5.07. The quantitative estimate of drug-likeness (QED) is 0.508. The summed E-state index contributed by atoms with van der Waals surface area (Å²) in [5, 5.41) is 0.829. The molecular formula is C20H12F3N3O2. The summed E-state index contributed by atoms with van der Waals surface area (Å²) in [5.74, 6) is -1.97. The Bertz CT molecular complexity index is 1350. The molecule has 1 aliphatic rings. The summed E-state index contributed by atoms with van der Waals surface area (Å²) in [6.45, 7) is 0.186. The second kappa shape index (κ2) is 5.54. The number of carbonyl (C=O) groups is 1. The van der Waals surface area contributed by atoms with Crippen LogP contribution in [0, 0.1) is 0 Å². The lowest BCUT2D eigenvalue weighted by atomic mass is 9.93. The lowest BCUT2D eigenvalue weighted by Gasteiger charge is -2.23. The maximum Gasteiger partial charge on any atom is 0.454 e. The summed E-state index contributed by atoms with van der Waals surface area (Å²) in [7, 11) is 0. The average molecular weight is 383 g/mol. The molecule has 0 aliphatic carbocycles. The third-order valence-electron chi connectivity index (χ3n) is 5.19. The van der Waals surface area contributed by atoms with Crippen LogP contribution in [0.25, 0.3) is 33.1 Å². The molecule has 0 unspecified atom stereocenters. The highest BCUT2D eigenvalue weighted by Crippen LogP contribution is 2.39. The standard InChI is InChI=1S/C20H12F3N3O2/c21-20(22,23)18(27)15-11-5-7-24-9-13(11)19(28)26-8-6-12-10-3-1-2-4-14(10)25-16(12)17(15)26/h1-5,7,9,25H,6,8H2. The SMILES string of the molecule is O=C(c1c2n(c(=O)c3cnccc13)CCc1c-2[nH]c2ccccc12)C(F)(F)F. The maximum atomic E-state index is 13.5. The Morgan fingerprint density at radius 2 is 1.89 bits per heavy atom. The van der Waals surface area contributed by atoms with Crippen LogP contribution in [-0.4, -0.2) is 26.5 Å². The third kappa shape index (κ3) is 2.17. The van der Waals surface area contributed by atoms with Crippen molar-refractivity contribution in [2.24, 2.45) is 0 Å². The zero-order valence-electron chi connectivity index (χ0n) is 14.3. The molecular weight excluding hydrogens is 371 g/mol. The van der Waals surface area contributed by atoms with Crippen molar-refractivity contribution in [3.8, 4) is 11.4 Å². The molecule has 8 heteroatoms. The third-order valence-corrected chi connectivity index (χ3v) is 5.19. The number of fused-ring (bicyclic) bond motifs is 6. The number of nitrogens with one attached hydrogen (secondary N) is 1. The highest BCUT2D eigenvalue weighted by atomic mass is 19.4. The number of aromatic nitrogens is 3. The van der Waals surface area contributed by atoms with Gasteiger partial charge < -0.3 is 9.55 Å². The largest absolute Gasteiger partial charge is 0.454 e. The molecule has 0 spiro atoms. The molecule has 0 fully saturated rings. The van der Waals surface area contributed by atoms with E-state index >= 15 is 0 Å². The second-order valence-corrected chi connectivity index (χ2v) is 6.70. The zero-order chi connectivity index (χ0) is 19.6. The smallest absolute Gasteiger partial charge is 0.353 e. The molecule has 1 N–H and O–H groups in total. The van der Waals surface area contributed by atoms with E-state index in [1.165, 1.54) is 23.0 Å². The average Bonchev–Trinajstić information content (AvgIpc) is 3.06. The summed E-state index contributed by atoms with van der Waals surface area (Å²) in [6.07, 6.45) is -2.12. The van der Waals surface area contributed by atoms with Gasteiger partial charge in [0.1, 0.15) is 0 Å². The number of aryl methyl sites for hydroxylation is 1. The number of para-hydroxylation sites is 1. The Kier molecular flexibility index (Phi) is 3.31. The van der Waals surface area contributed by atoms with Gasteiger partial charge in [-0.3, -0.25) is 14.6 Å². The Morgan fingerprint density at radius 1 is 1.11 bits per heavy atom. The second-order valence-electron chi connectivity index (χ2n) is 6.70. The minimum absolute atomic E-state index is 0.00147. The zero-order valence-corrected chi connectivity index (χ0v) is 14.3. The van der Waals surface area contributed by atoms with E-state index in [1.807, 2.05) is 24.3 Å². The van der Waals surface area contributed by atoms with Crippen molar-refractivity contribution < 1.29 is 18.0 Å². The van der Waals surface area contributed by atoms with Crippen molar-refractivity contribution in [3.05, 3.63) is 64.2 Å². The number of benzene rings is 1. The number of Topliss-reactive ketones (excluding diaryl/α,β-unsaturated/α-hetero) is 1. The molecule has 1 aromatic carbocycles. The molecule has 1 aliphatic heterocycles. The van der Waals surface area contributed by atoms with Gasteiger partial charge in [0.2, 0.25) is 0 Å². The van der Waals surface area contributed by atoms with Crippen LogP contribution in [0.15, 0.2) is 47.5 Å². The van der Waals surface area contributed by atoms with E-state index in [1.54, 1.807) is 0 Å². The number of pyridine rings is 2. The molecule has 5 rings (SSSR count). The van der Waals surface area contributed by atoms with E-state index in [2.05, 4.69) is 9.97 Å². The molecule has 4 aromatic rings. The molecule has 0 saturated carbocycles. The number of aromatic amines is 1. The van der Waals surface area contributed by atoms with Gasteiger partial charge in [-0.05, 0) is 24.1 Å². The number of ketones is 1. The first kappa shape index (κ1) is 16.7. The normalized spacial score (nSPS) is 13.5. The van der Waals surface area contributed by atoms with Crippen molar-refractivity contribution in [2.75, 3.05) is 0 Å². The van der Waals surface area contributed by atoms with Crippen LogP contribution in [0.5, 0.6) is 0 Å². The van der Waals surface area contributed by atoms with E-state index in [-0.39, 0.29) is 23.0 Å². The van der Waals surface area contributed by atoms with Gasteiger partial charge in [0.25, 0.3) is 11.3 Å². The fourth-order valence-electron chi connectivity index (χ4n) is 4.02. The van der Waals surface area contributed by atoms with E-state index in [9.17, 15) is 22.8 Å². The van der Waals surface area contributed by atoms with Gasteiger partial charge in [-0.25, -0.2) is 0 Å². The Hall–Kier alpha value is -3.42. The van der Waals surface area contributed by atoms with Crippen LogP contribution in [0.1, 0.15) is 15.9 Å². The monoisotopic (exact) mass is 383 g/mol. The van der Waals surface area contributed by atoms with Crippen molar-refractivity contribution in [2.45, 2.75) is 19.1 Å². The van der Waals surface area contributed by atoms with E-state index in [0.29, 0.717) is 12.1 Å². The fraction of sp³-hybridized carbons (Fsp3) is 0.150. The fourth-order valence-corrected chi connectivity index (χ4v) is 4.02. The molecule has 28 heavy (non-hydrogen) atoms. The first-order chi connectivity index (χ1) is 13.4. The van der Waals surface area contributed by atoms with Crippen LogP contribution in [-0.2, 0) is 13.0 Å². The molecule has 0 radical (unpaired) electrons. The van der Waals surface area contributed by atoms with E-state index < -0.39 is 23.1 Å². The number of hydrogen-bond acceptors (Lipinski definition) is 3. The Balaban J connectivity index is 1.99. The summed E-state index contributed by atoms with van der Waals surface area (Å²) in [6, 6.07) is 8.62. The van der Waals surface area contributed by atoms with Gasteiger partial charge in [0, 0.05) is 35.2 Å². The van der Waals surface area contributed by atoms with Gasteiger partial charge >= 0.3 is 6.18 Å². The highest BCUT2D eigenvalue weighted by Gasteiger charge is 2.43. The Labute approximate surface area is 155 Å². The lowest BCUT2D eigenvalue weighted by molar-refractivity contribution is -0.0884. The number of rotatable bonds is 1. The highest BCUT2D eigenvalue weighted by molar-refractivity contribution is 6.15. The topological polar surface area (TPSA) is 67.8 Å². The molecule has 4 heterocycles. The van der Waals surface area contributed by atoms with E-state index in [4.69, 9.17) is 0 Å². The van der Waals surface area contributed by atoms with Gasteiger partial charge in [0.05, 0.1) is 22.3 Å². The molecule has 5 nitrogen and oxygen atoms in total. The Morgan fingerprint density at radius 3 is 2.68 bits per heavy atom. The molecule has 0 saturated heterocycles. The van der Waals surface area contributed by atoms with E-state index in [0.717, 1.165) is 16.5 Å². The number of H-pyrrole nitrogens is 1. The number of carbonyl (C=O) groups excluding carboxylic acids is 1. The first-order valence-electron chi connectivity index (χ1n) is 8.60. The van der Waals surface area contributed by atoms with Crippen LogP contribution >= 0.6 is 0 Å². The van der Waals surface area contributed by atoms with Crippen LogP contribution in [0.2, 0.25) is 0 Å². The number of hydrogen-bond donors (Lipinski definition) is 1. The van der Waals surface area contributed by atoms with Gasteiger partial charge in [0.15, 0.2) is 0 Å². The van der Waals surface area contributed by atoms with Crippen LogP contribution in [0.4, 0.5) is 13.2 Å².